The Morgan fingerprint density at radius 1 is 1.40 bits per heavy atom. The molecule has 0 aliphatic carbocycles. The van der Waals surface area contributed by atoms with E-state index in [1.807, 2.05) is 12.1 Å². The molecule has 0 bridgehead atoms. The van der Waals surface area contributed by atoms with Crippen LogP contribution in [0, 0.1) is 0 Å². The van der Waals surface area contributed by atoms with Crippen LogP contribution in [0.5, 0.6) is 5.75 Å². The van der Waals surface area contributed by atoms with Crippen molar-refractivity contribution in [2.45, 2.75) is 6.04 Å². The predicted molar refractivity (Wildman–Crippen MR) is 73.5 cm³/mol. The lowest BCUT2D eigenvalue weighted by atomic mass is 10.1. The lowest BCUT2D eigenvalue weighted by Crippen LogP contribution is -2.33. The molecule has 1 heterocycles. The van der Waals surface area contributed by atoms with E-state index in [0.717, 1.165) is 11.3 Å². The minimum atomic E-state index is -0.420. The average Bonchev–Trinajstić information content (AvgIpc) is 3.02. The highest BCUT2D eigenvalue weighted by Gasteiger charge is 2.22. The van der Waals surface area contributed by atoms with Crippen molar-refractivity contribution < 1.29 is 14.6 Å². The van der Waals surface area contributed by atoms with E-state index in [4.69, 9.17) is 4.74 Å². The molecule has 2 rings (SSSR count). The number of ether oxygens (including phenoxy) is 1. The van der Waals surface area contributed by atoms with Crippen LogP contribution >= 0.6 is 0 Å². The van der Waals surface area contributed by atoms with Crippen LogP contribution in [0.1, 0.15) is 22.1 Å². The zero-order valence-corrected chi connectivity index (χ0v) is 11.4. The van der Waals surface area contributed by atoms with Crippen LogP contribution in [0.2, 0.25) is 0 Å². The van der Waals surface area contributed by atoms with E-state index in [0.29, 0.717) is 5.69 Å². The van der Waals surface area contributed by atoms with E-state index >= 15 is 0 Å². The lowest BCUT2D eigenvalue weighted by molar-refractivity contribution is 0.0652. The fourth-order valence-electron chi connectivity index (χ4n) is 1.98. The van der Waals surface area contributed by atoms with Crippen LogP contribution in [0.25, 0.3) is 0 Å². The minimum Gasteiger partial charge on any atom is -0.497 e. The van der Waals surface area contributed by atoms with Crippen LogP contribution in [0.4, 0.5) is 0 Å². The Labute approximate surface area is 117 Å². The summed E-state index contributed by atoms with van der Waals surface area (Å²) in [6, 6.07) is 8.43. The number of hydrogen-bond donors (Lipinski definition) is 2. The second-order valence-corrected chi connectivity index (χ2v) is 4.36. The van der Waals surface area contributed by atoms with Gasteiger partial charge in [0, 0.05) is 13.2 Å². The number of carbonyl (C=O) groups is 1. The van der Waals surface area contributed by atoms with E-state index in [9.17, 15) is 9.90 Å². The Morgan fingerprint density at radius 2 is 2.10 bits per heavy atom. The third-order valence-corrected chi connectivity index (χ3v) is 3.19. The summed E-state index contributed by atoms with van der Waals surface area (Å²) in [5.41, 5.74) is 1.23. The number of nitrogens with zero attached hydrogens (tertiary/aromatic N) is 2. The van der Waals surface area contributed by atoms with Gasteiger partial charge >= 0.3 is 0 Å². The molecule has 2 N–H and O–H groups in total. The average molecular weight is 275 g/mol. The number of H-pyrrole nitrogens is 1. The fraction of sp³-hybridized carbons (Fsp3) is 0.286. The quantitative estimate of drug-likeness (QED) is 0.860. The van der Waals surface area contributed by atoms with Crippen molar-refractivity contribution in [2.24, 2.45) is 0 Å². The molecular weight excluding hydrogens is 258 g/mol. The van der Waals surface area contributed by atoms with Crippen LogP contribution < -0.4 is 4.74 Å². The van der Waals surface area contributed by atoms with E-state index < -0.39 is 6.04 Å². The van der Waals surface area contributed by atoms with E-state index in [2.05, 4.69) is 10.2 Å². The third kappa shape index (κ3) is 2.80. The number of aliphatic hydroxyl groups excluding tert-OH is 1. The summed E-state index contributed by atoms with van der Waals surface area (Å²) in [4.78, 5) is 13.7. The smallest absolute Gasteiger partial charge is 0.272 e. The minimum absolute atomic E-state index is 0.164. The summed E-state index contributed by atoms with van der Waals surface area (Å²) < 4.78 is 5.09. The molecule has 1 aromatic carbocycles. The Hall–Kier alpha value is -2.34. The number of aromatic amines is 1. The molecule has 0 unspecified atom stereocenters. The number of rotatable bonds is 5. The van der Waals surface area contributed by atoms with Crippen LogP contribution in [-0.4, -0.2) is 46.9 Å². The second-order valence-electron chi connectivity index (χ2n) is 4.36. The summed E-state index contributed by atoms with van der Waals surface area (Å²) >= 11 is 0. The zero-order chi connectivity index (χ0) is 14.5. The highest BCUT2D eigenvalue weighted by Crippen LogP contribution is 2.22. The number of benzene rings is 1. The molecule has 20 heavy (non-hydrogen) atoms. The maximum Gasteiger partial charge on any atom is 0.272 e. The van der Waals surface area contributed by atoms with Crippen molar-refractivity contribution in [1.29, 1.82) is 0 Å². The molecule has 6 heteroatoms. The predicted octanol–water partition coefficient (Wildman–Crippen LogP) is 1.22. The number of nitrogens with one attached hydrogen (secondary N) is 1. The van der Waals surface area contributed by atoms with Crippen LogP contribution in [0.3, 0.4) is 0 Å². The maximum absolute atomic E-state index is 12.2. The van der Waals surface area contributed by atoms with Crippen molar-refractivity contribution in [3.05, 3.63) is 47.8 Å². The van der Waals surface area contributed by atoms with Crippen molar-refractivity contribution in [3.8, 4) is 5.75 Å². The first kappa shape index (κ1) is 14.1. The topological polar surface area (TPSA) is 78.5 Å². The lowest BCUT2D eigenvalue weighted by Gasteiger charge is -2.26. The number of aliphatic hydroxyl groups is 1. The molecule has 106 valence electrons. The van der Waals surface area contributed by atoms with E-state index in [-0.39, 0.29) is 12.5 Å². The number of likely N-dealkylation sites (N-methyl/N-ethyl adjacent to an activating group) is 1. The van der Waals surface area contributed by atoms with Crippen LogP contribution in [0.15, 0.2) is 36.5 Å². The number of amides is 1. The summed E-state index contributed by atoms with van der Waals surface area (Å²) in [5, 5.41) is 16.0. The molecule has 0 aliphatic heterocycles. The molecule has 0 saturated carbocycles. The highest BCUT2D eigenvalue weighted by atomic mass is 16.5. The van der Waals surface area contributed by atoms with Gasteiger partial charge in [0.15, 0.2) is 0 Å². The summed E-state index contributed by atoms with van der Waals surface area (Å²) in [5.74, 6) is 0.505. The molecule has 0 radical (unpaired) electrons. The Morgan fingerprint density at radius 3 is 2.60 bits per heavy atom. The van der Waals surface area contributed by atoms with Gasteiger partial charge in [0.1, 0.15) is 11.4 Å². The first-order valence-electron chi connectivity index (χ1n) is 6.18. The van der Waals surface area contributed by atoms with Gasteiger partial charge < -0.3 is 14.7 Å². The van der Waals surface area contributed by atoms with Gasteiger partial charge in [0.05, 0.1) is 19.8 Å². The normalized spacial score (nSPS) is 11.9. The van der Waals surface area contributed by atoms with Crippen molar-refractivity contribution >= 4 is 5.91 Å². The van der Waals surface area contributed by atoms with Crippen molar-refractivity contribution in [1.82, 2.24) is 15.1 Å². The molecule has 6 nitrogen and oxygen atoms in total. The largest absolute Gasteiger partial charge is 0.497 e. The molecule has 1 atom stereocenters. The summed E-state index contributed by atoms with van der Waals surface area (Å²) in [6.45, 7) is -0.164. The Bertz CT molecular complexity index is 552. The van der Waals surface area contributed by atoms with Gasteiger partial charge in [-0.05, 0) is 23.8 Å². The SMILES string of the molecule is COc1ccc([C@@H](CO)N(C)C(=O)c2ccn[nH]2)cc1. The maximum atomic E-state index is 12.2. The van der Waals surface area contributed by atoms with Gasteiger partial charge in [-0.1, -0.05) is 12.1 Å². The molecule has 2 aromatic rings. The molecule has 0 fully saturated rings. The molecule has 0 spiro atoms. The van der Waals surface area contributed by atoms with Gasteiger partial charge in [0.25, 0.3) is 5.91 Å². The van der Waals surface area contributed by atoms with Gasteiger partial charge in [-0.3, -0.25) is 9.89 Å². The summed E-state index contributed by atoms with van der Waals surface area (Å²) in [7, 11) is 3.24. The standard InChI is InChI=1S/C14H17N3O3/c1-17(14(19)12-7-8-15-16-12)13(9-18)10-3-5-11(20-2)6-4-10/h3-8,13,18H,9H2,1-2H3,(H,15,16)/t13-/m1/s1. The number of methoxy groups -OCH3 is 1. The zero-order valence-electron chi connectivity index (χ0n) is 11.4. The highest BCUT2D eigenvalue weighted by molar-refractivity contribution is 5.92. The first-order valence-corrected chi connectivity index (χ1v) is 6.18. The number of hydrogen-bond acceptors (Lipinski definition) is 4. The summed E-state index contributed by atoms with van der Waals surface area (Å²) in [6.07, 6.45) is 1.52. The molecule has 1 amide bonds. The Kier molecular flexibility index (Phi) is 4.37. The fourth-order valence-corrected chi connectivity index (χ4v) is 1.98. The van der Waals surface area contributed by atoms with Gasteiger partial charge in [-0.25, -0.2) is 0 Å². The van der Waals surface area contributed by atoms with Crippen LogP contribution in [-0.2, 0) is 0 Å². The van der Waals surface area contributed by atoms with E-state index in [1.54, 1.807) is 32.4 Å². The third-order valence-electron chi connectivity index (χ3n) is 3.19. The van der Waals surface area contributed by atoms with Gasteiger partial charge in [-0.2, -0.15) is 5.10 Å². The molecule has 1 aromatic heterocycles. The monoisotopic (exact) mass is 275 g/mol. The molecular formula is C14H17N3O3. The number of aromatic nitrogens is 2. The van der Waals surface area contributed by atoms with E-state index in [1.165, 1.54) is 11.1 Å². The van der Waals surface area contributed by atoms with Gasteiger partial charge in [0.2, 0.25) is 0 Å². The number of carbonyl (C=O) groups excluding carboxylic acids is 1. The van der Waals surface area contributed by atoms with Gasteiger partial charge in [-0.15, -0.1) is 0 Å². The molecule has 0 saturated heterocycles. The molecule has 0 aliphatic rings. The Balaban J connectivity index is 2.20. The van der Waals surface area contributed by atoms with Crippen molar-refractivity contribution in [2.75, 3.05) is 20.8 Å². The van der Waals surface area contributed by atoms with Crippen molar-refractivity contribution in [3.63, 3.8) is 0 Å². The first-order chi connectivity index (χ1) is 9.67. The second kappa shape index (κ2) is 6.21.